The van der Waals surface area contributed by atoms with Gasteiger partial charge < -0.3 is 9.67 Å². The average molecular weight is 362 g/mol. The summed E-state index contributed by atoms with van der Waals surface area (Å²) in [7, 11) is 0. The zero-order valence-electron chi connectivity index (χ0n) is 13.8. The van der Waals surface area contributed by atoms with Crippen LogP contribution in [0.3, 0.4) is 0 Å². The van der Waals surface area contributed by atoms with Crippen molar-refractivity contribution in [2.75, 3.05) is 0 Å². The van der Waals surface area contributed by atoms with Crippen LogP contribution in [0.15, 0.2) is 54.7 Å². The molecule has 0 unspecified atom stereocenters. The van der Waals surface area contributed by atoms with Crippen molar-refractivity contribution in [3.8, 4) is 0 Å². The molecule has 3 aromatic rings. The summed E-state index contributed by atoms with van der Waals surface area (Å²) in [5.41, 5.74) is 1.43. The topological polar surface area (TPSA) is 54.3 Å². The molecule has 0 aliphatic rings. The van der Waals surface area contributed by atoms with Gasteiger partial charge in [0, 0.05) is 23.6 Å². The van der Waals surface area contributed by atoms with Crippen molar-refractivity contribution in [2.45, 2.75) is 25.8 Å². The fourth-order valence-electron chi connectivity index (χ4n) is 2.94. The second-order valence-electron chi connectivity index (χ2n) is 5.99. The van der Waals surface area contributed by atoms with Crippen LogP contribution in [-0.2, 0) is 30.6 Å². The van der Waals surface area contributed by atoms with Gasteiger partial charge in [-0.2, -0.15) is 13.2 Å². The molecule has 3 rings (SSSR count). The number of carboxylic acids is 1. The lowest BCUT2D eigenvalue weighted by atomic mass is 10.1. The van der Waals surface area contributed by atoms with Gasteiger partial charge in [-0.05, 0) is 23.3 Å². The number of alkyl halides is 3. The number of hydrogen-bond donors (Lipinski definition) is 2. The summed E-state index contributed by atoms with van der Waals surface area (Å²) in [6.07, 6.45) is -2.68. The highest BCUT2D eigenvalue weighted by Gasteiger charge is 2.30. The van der Waals surface area contributed by atoms with Crippen LogP contribution in [0.2, 0.25) is 0 Å². The molecule has 1 aromatic heterocycles. The number of aromatic nitrogens is 1. The second-order valence-corrected chi connectivity index (χ2v) is 5.99. The molecule has 0 saturated carbocycles. The van der Waals surface area contributed by atoms with Crippen molar-refractivity contribution in [2.24, 2.45) is 0 Å². The highest BCUT2D eigenvalue weighted by Crippen LogP contribution is 2.29. The van der Waals surface area contributed by atoms with E-state index in [1.807, 2.05) is 28.8 Å². The molecule has 0 aliphatic heterocycles. The number of halogens is 3. The molecule has 0 spiro atoms. The van der Waals surface area contributed by atoms with E-state index in [2.05, 4.69) is 5.32 Å². The van der Waals surface area contributed by atoms with Gasteiger partial charge in [-0.15, -0.1) is 0 Å². The lowest BCUT2D eigenvalue weighted by Gasteiger charge is -2.10. The molecule has 0 radical (unpaired) electrons. The normalized spacial score (nSPS) is 11.8. The summed E-state index contributed by atoms with van der Waals surface area (Å²) >= 11 is 0. The Morgan fingerprint density at radius 3 is 2.62 bits per heavy atom. The number of rotatable bonds is 6. The van der Waals surface area contributed by atoms with Crippen molar-refractivity contribution < 1.29 is 23.1 Å². The van der Waals surface area contributed by atoms with E-state index < -0.39 is 17.7 Å². The Hall–Kier alpha value is -2.80. The molecule has 26 heavy (non-hydrogen) atoms. The number of nitrogens with one attached hydrogen (secondary N) is 1. The zero-order chi connectivity index (χ0) is 18.7. The van der Waals surface area contributed by atoms with Crippen LogP contribution >= 0.6 is 0 Å². The quantitative estimate of drug-likeness (QED) is 0.696. The summed E-state index contributed by atoms with van der Waals surface area (Å²) in [5.74, 6) is -0.912. The molecule has 136 valence electrons. The van der Waals surface area contributed by atoms with Crippen molar-refractivity contribution in [1.29, 1.82) is 0 Å². The second kappa shape index (κ2) is 7.21. The molecule has 1 heterocycles. The highest BCUT2D eigenvalue weighted by atomic mass is 19.4. The van der Waals surface area contributed by atoms with Gasteiger partial charge in [0.15, 0.2) is 0 Å². The van der Waals surface area contributed by atoms with Gasteiger partial charge in [0.05, 0.1) is 18.7 Å². The smallest absolute Gasteiger partial charge is 0.416 e. The molecule has 2 aromatic carbocycles. The van der Waals surface area contributed by atoms with Gasteiger partial charge in [0.1, 0.15) is 0 Å². The standard InChI is InChI=1S/C19H17F3N2O2/c20-19(21,22)15-5-3-4-13(8-15)10-23-12-24-11-14(9-18(25)26)16-6-1-2-7-17(16)24/h1-8,11,23H,9-10,12H2,(H,25,26). The Balaban J connectivity index is 1.73. The average Bonchev–Trinajstić information content (AvgIpc) is 2.92. The van der Waals surface area contributed by atoms with Gasteiger partial charge in [-0.25, -0.2) is 0 Å². The molecule has 0 atom stereocenters. The fraction of sp³-hybridized carbons (Fsp3) is 0.211. The van der Waals surface area contributed by atoms with Gasteiger partial charge in [0.25, 0.3) is 0 Å². The first-order valence-electron chi connectivity index (χ1n) is 8.00. The van der Waals surface area contributed by atoms with Crippen LogP contribution in [0.1, 0.15) is 16.7 Å². The van der Waals surface area contributed by atoms with Gasteiger partial charge in [-0.1, -0.05) is 36.4 Å². The summed E-state index contributed by atoms with van der Waals surface area (Å²) < 4.78 is 40.2. The molecular formula is C19H17F3N2O2. The van der Waals surface area contributed by atoms with Gasteiger partial charge >= 0.3 is 12.1 Å². The van der Waals surface area contributed by atoms with Crippen LogP contribution in [-0.4, -0.2) is 15.6 Å². The minimum Gasteiger partial charge on any atom is -0.481 e. The minimum absolute atomic E-state index is 0.0822. The lowest BCUT2D eigenvalue weighted by Crippen LogP contribution is -2.18. The van der Waals surface area contributed by atoms with Crippen molar-refractivity contribution in [3.05, 3.63) is 71.4 Å². The SMILES string of the molecule is O=C(O)Cc1cn(CNCc2cccc(C(F)(F)F)c2)c2ccccc12. The predicted molar refractivity (Wildman–Crippen MR) is 91.6 cm³/mol. The Bertz CT molecular complexity index is 932. The number of carboxylic acid groups (broad SMARTS) is 1. The van der Waals surface area contributed by atoms with Crippen LogP contribution in [0.25, 0.3) is 10.9 Å². The molecule has 2 N–H and O–H groups in total. The van der Waals surface area contributed by atoms with E-state index in [9.17, 15) is 18.0 Å². The first-order chi connectivity index (χ1) is 12.3. The third-order valence-electron chi connectivity index (χ3n) is 4.08. The number of fused-ring (bicyclic) bond motifs is 1. The molecule has 4 nitrogen and oxygen atoms in total. The van der Waals surface area contributed by atoms with Crippen molar-refractivity contribution >= 4 is 16.9 Å². The number of nitrogens with zero attached hydrogens (tertiary/aromatic N) is 1. The Kier molecular flexibility index (Phi) is 4.99. The third-order valence-corrected chi connectivity index (χ3v) is 4.08. The van der Waals surface area contributed by atoms with Crippen molar-refractivity contribution in [1.82, 2.24) is 9.88 Å². The molecule has 7 heteroatoms. The largest absolute Gasteiger partial charge is 0.481 e. The summed E-state index contributed by atoms with van der Waals surface area (Å²) in [6, 6.07) is 12.6. The molecule has 0 amide bonds. The lowest BCUT2D eigenvalue weighted by molar-refractivity contribution is -0.138. The van der Waals surface area contributed by atoms with Gasteiger partial charge in [0.2, 0.25) is 0 Å². The molecular weight excluding hydrogens is 345 g/mol. The van der Waals surface area contributed by atoms with E-state index in [0.29, 0.717) is 17.8 Å². The maximum atomic E-state index is 12.8. The molecule has 0 saturated heterocycles. The highest BCUT2D eigenvalue weighted by molar-refractivity contribution is 5.87. The van der Waals surface area contributed by atoms with E-state index in [-0.39, 0.29) is 13.0 Å². The van der Waals surface area contributed by atoms with E-state index in [1.54, 1.807) is 12.3 Å². The number of carbonyl (C=O) groups is 1. The summed E-state index contributed by atoms with van der Waals surface area (Å²) in [4.78, 5) is 11.0. The number of hydrogen-bond acceptors (Lipinski definition) is 2. The number of benzene rings is 2. The predicted octanol–water partition coefficient (Wildman–Crippen LogP) is 4.03. The summed E-state index contributed by atoms with van der Waals surface area (Å²) in [5, 5.41) is 13.0. The third kappa shape index (κ3) is 4.05. The van der Waals surface area contributed by atoms with E-state index in [0.717, 1.165) is 23.0 Å². The Morgan fingerprint density at radius 2 is 1.88 bits per heavy atom. The summed E-state index contributed by atoms with van der Waals surface area (Å²) in [6.45, 7) is 0.626. The minimum atomic E-state index is -4.36. The Labute approximate surface area is 147 Å². The maximum Gasteiger partial charge on any atom is 0.416 e. The number of para-hydroxylation sites is 1. The van der Waals surface area contributed by atoms with E-state index in [4.69, 9.17) is 5.11 Å². The number of aliphatic carboxylic acids is 1. The molecule has 0 bridgehead atoms. The van der Waals surface area contributed by atoms with Crippen LogP contribution in [0, 0.1) is 0 Å². The fourth-order valence-corrected chi connectivity index (χ4v) is 2.94. The monoisotopic (exact) mass is 362 g/mol. The van der Waals surface area contributed by atoms with Gasteiger partial charge in [-0.3, -0.25) is 10.1 Å². The van der Waals surface area contributed by atoms with Crippen molar-refractivity contribution in [3.63, 3.8) is 0 Å². The zero-order valence-corrected chi connectivity index (χ0v) is 13.8. The first-order valence-corrected chi connectivity index (χ1v) is 8.00. The van der Waals surface area contributed by atoms with Crippen LogP contribution < -0.4 is 5.32 Å². The van der Waals surface area contributed by atoms with E-state index >= 15 is 0 Å². The maximum absolute atomic E-state index is 12.8. The van der Waals surface area contributed by atoms with Crippen LogP contribution in [0.5, 0.6) is 0 Å². The Morgan fingerprint density at radius 1 is 1.12 bits per heavy atom. The first kappa shape index (κ1) is 18.0. The van der Waals surface area contributed by atoms with E-state index in [1.165, 1.54) is 6.07 Å². The molecule has 0 aliphatic carbocycles. The molecule has 0 fully saturated rings. The van der Waals surface area contributed by atoms with Crippen LogP contribution in [0.4, 0.5) is 13.2 Å².